The molecule has 2 rings (SSSR count). The first-order valence-electron chi connectivity index (χ1n) is 7.27. The topological polar surface area (TPSA) is 51.2 Å². The van der Waals surface area contributed by atoms with Crippen LogP contribution in [0.1, 0.15) is 18.4 Å². The van der Waals surface area contributed by atoms with Crippen LogP contribution in [0.25, 0.3) is 0 Å². The molecule has 0 unspecified atom stereocenters. The van der Waals surface area contributed by atoms with Crippen LogP contribution in [0.2, 0.25) is 5.02 Å². The maximum Gasteiger partial charge on any atom is 0.188 e. The summed E-state index contributed by atoms with van der Waals surface area (Å²) in [5.74, 6) is 0.415. The lowest BCUT2D eigenvalue weighted by atomic mass is 10.1. The van der Waals surface area contributed by atoms with Gasteiger partial charge in [0.05, 0.1) is 0 Å². The van der Waals surface area contributed by atoms with Gasteiger partial charge in [-0.3, -0.25) is 5.41 Å². The van der Waals surface area contributed by atoms with E-state index in [2.05, 4.69) is 15.5 Å². The fourth-order valence-corrected chi connectivity index (χ4v) is 2.52. The van der Waals surface area contributed by atoms with Gasteiger partial charge in [-0.15, -0.1) is 24.8 Å². The predicted octanol–water partition coefficient (Wildman–Crippen LogP) is 2.94. The van der Waals surface area contributed by atoms with Gasteiger partial charge in [-0.05, 0) is 50.0 Å². The van der Waals surface area contributed by atoms with Gasteiger partial charge in [-0.2, -0.15) is 0 Å². The van der Waals surface area contributed by atoms with Crippen LogP contribution in [0.15, 0.2) is 24.3 Å². The fraction of sp³-hybridized carbons (Fsp3) is 0.533. The second kappa shape index (κ2) is 11.8. The number of benzene rings is 1. The van der Waals surface area contributed by atoms with Gasteiger partial charge < -0.3 is 15.5 Å². The zero-order chi connectivity index (χ0) is 14.2. The summed E-state index contributed by atoms with van der Waals surface area (Å²) in [6.45, 7) is 5.04. The minimum Gasteiger partial charge on any atom is -0.356 e. The molecule has 1 fully saturated rings. The zero-order valence-corrected chi connectivity index (χ0v) is 15.0. The van der Waals surface area contributed by atoms with Crippen LogP contribution < -0.4 is 10.6 Å². The zero-order valence-electron chi connectivity index (χ0n) is 12.6. The van der Waals surface area contributed by atoms with E-state index in [9.17, 15) is 0 Å². The monoisotopic (exact) mass is 366 g/mol. The standard InChI is InChI=1S/C15H23ClN4.2ClH/c16-14-5-3-13(4-6-14)7-8-18-15(17)19-9-12-20-10-1-2-11-20;;/h3-6H,1-2,7-12H2,(H3,17,18,19);2*1H. The Labute approximate surface area is 150 Å². The van der Waals surface area contributed by atoms with E-state index in [1.54, 1.807) is 0 Å². The van der Waals surface area contributed by atoms with E-state index in [0.717, 1.165) is 31.1 Å². The second-order valence-electron chi connectivity index (χ2n) is 5.15. The highest BCUT2D eigenvalue weighted by molar-refractivity contribution is 6.30. The van der Waals surface area contributed by atoms with Gasteiger partial charge in [-0.25, -0.2) is 0 Å². The third-order valence-electron chi connectivity index (χ3n) is 3.56. The molecule has 0 aliphatic carbocycles. The van der Waals surface area contributed by atoms with Crippen LogP contribution in [0.4, 0.5) is 0 Å². The molecule has 1 aromatic carbocycles. The summed E-state index contributed by atoms with van der Waals surface area (Å²) in [7, 11) is 0. The van der Waals surface area contributed by atoms with E-state index in [-0.39, 0.29) is 24.8 Å². The number of halogens is 3. The van der Waals surface area contributed by atoms with Crippen molar-refractivity contribution in [2.75, 3.05) is 32.7 Å². The van der Waals surface area contributed by atoms with Crippen LogP contribution in [0.3, 0.4) is 0 Å². The number of nitrogens with one attached hydrogen (secondary N) is 3. The van der Waals surface area contributed by atoms with Crippen molar-refractivity contribution in [1.29, 1.82) is 5.41 Å². The Morgan fingerprint density at radius 1 is 1.05 bits per heavy atom. The number of nitrogens with zero attached hydrogens (tertiary/aromatic N) is 1. The SMILES string of the molecule is Cl.Cl.N=C(NCCc1ccc(Cl)cc1)NCCN1CCCC1. The molecule has 0 amide bonds. The van der Waals surface area contributed by atoms with Crippen LogP contribution >= 0.6 is 36.4 Å². The quantitative estimate of drug-likeness (QED) is 0.535. The first kappa shape index (κ1) is 21.3. The molecular weight excluding hydrogens is 343 g/mol. The lowest BCUT2D eigenvalue weighted by molar-refractivity contribution is 0.343. The van der Waals surface area contributed by atoms with Gasteiger partial charge in [-0.1, -0.05) is 23.7 Å². The first-order chi connectivity index (χ1) is 9.74. The normalized spacial score (nSPS) is 13.9. The maximum absolute atomic E-state index is 7.80. The molecular formula is C15H25Cl3N4. The van der Waals surface area contributed by atoms with E-state index in [1.807, 2.05) is 24.3 Å². The predicted molar refractivity (Wildman–Crippen MR) is 99.1 cm³/mol. The number of guanidine groups is 1. The highest BCUT2D eigenvalue weighted by atomic mass is 35.5. The summed E-state index contributed by atoms with van der Waals surface area (Å²) in [5, 5.41) is 14.8. The second-order valence-corrected chi connectivity index (χ2v) is 5.59. The van der Waals surface area contributed by atoms with Crippen molar-refractivity contribution in [3.05, 3.63) is 34.9 Å². The Bertz CT molecular complexity index is 419. The third-order valence-corrected chi connectivity index (χ3v) is 3.81. The Morgan fingerprint density at radius 3 is 2.27 bits per heavy atom. The van der Waals surface area contributed by atoms with Gasteiger partial charge in [0, 0.05) is 24.7 Å². The molecule has 22 heavy (non-hydrogen) atoms. The molecule has 1 aliphatic heterocycles. The van der Waals surface area contributed by atoms with Gasteiger partial charge in [0.15, 0.2) is 5.96 Å². The lowest BCUT2D eigenvalue weighted by Crippen LogP contribution is -2.41. The number of likely N-dealkylation sites (tertiary alicyclic amines) is 1. The molecule has 7 heteroatoms. The van der Waals surface area contributed by atoms with Crippen LogP contribution in [-0.2, 0) is 6.42 Å². The maximum atomic E-state index is 7.80. The molecule has 0 saturated carbocycles. The van der Waals surface area contributed by atoms with Crippen molar-refractivity contribution in [3.8, 4) is 0 Å². The summed E-state index contributed by atoms with van der Waals surface area (Å²) in [6.07, 6.45) is 3.53. The Morgan fingerprint density at radius 2 is 1.64 bits per heavy atom. The molecule has 0 bridgehead atoms. The number of hydrogen-bond donors (Lipinski definition) is 3. The van der Waals surface area contributed by atoms with Crippen molar-refractivity contribution in [2.24, 2.45) is 0 Å². The summed E-state index contributed by atoms with van der Waals surface area (Å²) in [6, 6.07) is 7.84. The van der Waals surface area contributed by atoms with E-state index >= 15 is 0 Å². The smallest absolute Gasteiger partial charge is 0.188 e. The highest BCUT2D eigenvalue weighted by Crippen LogP contribution is 2.09. The van der Waals surface area contributed by atoms with Crippen molar-refractivity contribution in [2.45, 2.75) is 19.3 Å². The molecule has 1 heterocycles. The molecule has 0 radical (unpaired) electrons. The molecule has 1 saturated heterocycles. The van der Waals surface area contributed by atoms with Crippen LogP contribution in [0.5, 0.6) is 0 Å². The summed E-state index contributed by atoms with van der Waals surface area (Å²) < 4.78 is 0. The average Bonchev–Trinajstić information content (AvgIpc) is 2.94. The molecule has 4 nitrogen and oxygen atoms in total. The summed E-state index contributed by atoms with van der Waals surface area (Å²) in [5.41, 5.74) is 1.23. The molecule has 0 spiro atoms. The summed E-state index contributed by atoms with van der Waals surface area (Å²) >= 11 is 5.84. The van der Waals surface area contributed by atoms with Crippen molar-refractivity contribution < 1.29 is 0 Å². The third kappa shape index (κ3) is 8.08. The molecule has 3 N–H and O–H groups in total. The van der Waals surface area contributed by atoms with Crippen molar-refractivity contribution >= 4 is 42.4 Å². The van der Waals surface area contributed by atoms with Gasteiger partial charge >= 0.3 is 0 Å². The fourth-order valence-electron chi connectivity index (χ4n) is 2.39. The first-order valence-corrected chi connectivity index (χ1v) is 7.65. The van der Waals surface area contributed by atoms with E-state index in [0.29, 0.717) is 5.96 Å². The van der Waals surface area contributed by atoms with Crippen molar-refractivity contribution in [3.63, 3.8) is 0 Å². The largest absolute Gasteiger partial charge is 0.356 e. The van der Waals surface area contributed by atoms with Crippen LogP contribution in [0, 0.1) is 5.41 Å². The highest BCUT2D eigenvalue weighted by Gasteiger charge is 2.10. The number of hydrogen-bond acceptors (Lipinski definition) is 2. The Balaban J connectivity index is 0.00000220. The Kier molecular flexibility index (Phi) is 11.5. The number of rotatable bonds is 6. The minimum atomic E-state index is 0. The van der Waals surface area contributed by atoms with E-state index < -0.39 is 0 Å². The van der Waals surface area contributed by atoms with Gasteiger partial charge in [0.25, 0.3) is 0 Å². The van der Waals surface area contributed by atoms with Crippen LogP contribution in [-0.4, -0.2) is 43.6 Å². The molecule has 0 aromatic heterocycles. The molecule has 1 aliphatic rings. The lowest BCUT2D eigenvalue weighted by Gasteiger charge is -2.16. The van der Waals surface area contributed by atoms with E-state index in [4.69, 9.17) is 17.0 Å². The van der Waals surface area contributed by atoms with Crippen molar-refractivity contribution in [1.82, 2.24) is 15.5 Å². The van der Waals surface area contributed by atoms with Gasteiger partial charge in [0.1, 0.15) is 0 Å². The molecule has 126 valence electrons. The Hall–Kier alpha value is -0.680. The average molecular weight is 368 g/mol. The van der Waals surface area contributed by atoms with Gasteiger partial charge in [0.2, 0.25) is 0 Å². The molecule has 0 atom stereocenters. The van der Waals surface area contributed by atoms with E-state index in [1.165, 1.54) is 31.5 Å². The summed E-state index contributed by atoms with van der Waals surface area (Å²) in [4.78, 5) is 2.44. The molecule has 1 aromatic rings. The minimum absolute atomic E-state index is 0.